The normalized spacial score (nSPS) is 16.6. The molecule has 0 radical (unpaired) electrons. The van der Waals surface area contributed by atoms with E-state index in [2.05, 4.69) is 0 Å². The summed E-state index contributed by atoms with van der Waals surface area (Å²) >= 11 is 0. The Morgan fingerprint density at radius 2 is 1.81 bits per heavy atom. The molecule has 0 fully saturated rings. The zero-order valence-electron chi connectivity index (χ0n) is 8.67. The van der Waals surface area contributed by atoms with Crippen molar-refractivity contribution in [1.82, 2.24) is 0 Å². The van der Waals surface area contributed by atoms with E-state index in [1.807, 2.05) is 12.2 Å². The number of halogens is 3. The minimum absolute atomic E-state index is 0.277. The van der Waals surface area contributed by atoms with Gasteiger partial charge in [0, 0.05) is 18.8 Å². The van der Waals surface area contributed by atoms with E-state index in [4.69, 9.17) is 0 Å². The second kappa shape index (κ2) is 4.20. The highest BCUT2D eigenvalue weighted by Gasteiger charge is 2.34. The molecule has 1 heterocycles. The molecule has 1 nitrogen and oxygen atoms in total. The van der Waals surface area contributed by atoms with Gasteiger partial charge in [-0.3, -0.25) is 0 Å². The maximum absolute atomic E-state index is 12.8. The fourth-order valence-electron chi connectivity index (χ4n) is 1.85. The van der Waals surface area contributed by atoms with Crippen LogP contribution in [0.2, 0.25) is 0 Å². The van der Waals surface area contributed by atoms with Crippen molar-refractivity contribution in [3.05, 3.63) is 42.0 Å². The summed E-state index contributed by atoms with van der Waals surface area (Å²) in [6.45, 7) is 1.19. The van der Waals surface area contributed by atoms with Crippen LogP contribution in [0.25, 0.3) is 0 Å². The van der Waals surface area contributed by atoms with Gasteiger partial charge in [0.1, 0.15) is 0 Å². The van der Waals surface area contributed by atoms with Gasteiger partial charge in [0.2, 0.25) is 0 Å². The molecule has 0 bridgehead atoms. The Labute approximate surface area is 92.2 Å². The van der Waals surface area contributed by atoms with Gasteiger partial charge >= 0.3 is 6.18 Å². The molecule has 0 aromatic heterocycles. The molecule has 0 aliphatic carbocycles. The van der Waals surface area contributed by atoms with Crippen LogP contribution >= 0.6 is 0 Å². The second-order valence-electron chi connectivity index (χ2n) is 3.72. The monoisotopic (exact) mass is 227 g/mol. The Morgan fingerprint density at radius 3 is 2.44 bits per heavy atom. The quantitative estimate of drug-likeness (QED) is 0.664. The molecule has 1 aromatic rings. The minimum atomic E-state index is -4.28. The zero-order valence-corrected chi connectivity index (χ0v) is 8.67. The molecular weight excluding hydrogens is 215 g/mol. The van der Waals surface area contributed by atoms with E-state index in [0.29, 0.717) is 13.1 Å². The number of hydrogen-bond acceptors (Lipinski definition) is 1. The van der Waals surface area contributed by atoms with Crippen LogP contribution in [0.1, 0.15) is 12.0 Å². The second-order valence-corrected chi connectivity index (χ2v) is 3.72. The smallest absolute Gasteiger partial charge is 0.367 e. The van der Waals surface area contributed by atoms with Crippen molar-refractivity contribution in [3.63, 3.8) is 0 Å². The lowest BCUT2D eigenvalue weighted by molar-refractivity contribution is -0.137. The molecule has 0 atom stereocenters. The van der Waals surface area contributed by atoms with Gasteiger partial charge in [-0.25, -0.2) is 0 Å². The molecule has 86 valence electrons. The van der Waals surface area contributed by atoms with E-state index >= 15 is 0 Å². The van der Waals surface area contributed by atoms with E-state index in [-0.39, 0.29) is 5.69 Å². The summed E-state index contributed by atoms with van der Waals surface area (Å²) in [5.74, 6) is 0. The zero-order chi connectivity index (χ0) is 11.6. The Morgan fingerprint density at radius 1 is 1.06 bits per heavy atom. The summed E-state index contributed by atoms with van der Waals surface area (Å²) in [6, 6.07) is 5.73. The van der Waals surface area contributed by atoms with Gasteiger partial charge < -0.3 is 4.90 Å². The number of alkyl halides is 3. The van der Waals surface area contributed by atoms with Gasteiger partial charge in [0.25, 0.3) is 0 Å². The number of anilines is 1. The van der Waals surface area contributed by atoms with Crippen LogP contribution in [-0.2, 0) is 6.18 Å². The van der Waals surface area contributed by atoms with Crippen LogP contribution in [0.4, 0.5) is 18.9 Å². The van der Waals surface area contributed by atoms with E-state index in [1.165, 1.54) is 12.1 Å². The van der Waals surface area contributed by atoms with Gasteiger partial charge in [-0.05, 0) is 18.6 Å². The lowest BCUT2D eigenvalue weighted by atomic mass is 10.1. The van der Waals surface area contributed by atoms with Crippen molar-refractivity contribution >= 4 is 5.69 Å². The van der Waals surface area contributed by atoms with Gasteiger partial charge in [0.05, 0.1) is 5.56 Å². The van der Waals surface area contributed by atoms with E-state index in [9.17, 15) is 13.2 Å². The summed E-state index contributed by atoms with van der Waals surface area (Å²) in [6.07, 6.45) is 0.410. The molecule has 1 aliphatic rings. The van der Waals surface area contributed by atoms with Crippen LogP contribution < -0.4 is 4.90 Å². The average molecular weight is 227 g/mol. The maximum atomic E-state index is 12.8. The number of para-hydroxylation sites is 1. The van der Waals surface area contributed by atoms with E-state index in [0.717, 1.165) is 12.5 Å². The highest BCUT2D eigenvalue weighted by molar-refractivity contribution is 5.55. The Kier molecular flexibility index (Phi) is 2.90. The molecule has 0 spiro atoms. The molecule has 4 heteroatoms. The largest absolute Gasteiger partial charge is 0.418 e. The first-order valence-electron chi connectivity index (χ1n) is 5.15. The Balaban J connectivity index is 2.36. The first-order chi connectivity index (χ1) is 7.59. The lowest BCUT2D eigenvalue weighted by Crippen LogP contribution is -2.29. The average Bonchev–Trinajstić information content (AvgIpc) is 2.29. The van der Waals surface area contributed by atoms with Crippen molar-refractivity contribution < 1.29 is 13.2 Å². The predicted molar refractivity (Wildman–Crippen MR) is 57.4 cm³/mol. The highest BCUT2D eigenvalue weighted by atomic mass is 19.4. The standard InChI is InChI=1S/C12H12F3N/c13-12(14,15)10-6-2-3-7-11(10)16-8-4-1-5-9-16/h1-4,6-7H,5,8-9H2. The van der Waals surface area contributed by atoms with Crippen molar-refractivity contribution in [3.8, 4) is 0 Å². The van der Waals surface area contributed by atoms with E-state index in [1.54, 1.807) is 11.0 Å². The van der Waals surface area contributed by atoms with Crippen molar-refractivity contribution in [2.24, 2.45) is 0 Å². The van der Waals surface area contributed by atoms with Crippen LogP contribution in [-0.4, -0.2) is 13.1 Å². The highest BCUT2D eigenvalue weighted by Crippen LogP contribution is 2.36. The first-order valence-corrected chi connectivity index (χ1v) is 5.15. The summed E-state index contributed by atoms with van der Waals surface area (Å²) in [5, 5.41) is 0. The number of hydrogen-bond donors (Lipinski definition) is 0. The van der Waals surface area contributed by atoms with Gasteiger partial charge in [-0.1, -0.05) is 24.3 Å². The molecule has 0 saturated carbocycles. The molecule has 0 unspecified atom stereocenters. The van der Waals surface area contributed by atoms with Gasteiger partial charge in [0.15, 0.2) is 0 Å². The molecule has 1 aliphatic heterocycles. The van der Waals surface area contributed by atoms with Crippen LogP contribution in [0.3, 0.4) is 0 Å². The van der Waals surface area contributed by atoms with Crippen molar-refractivity contribution in [2.75, 3.05) is 18.0 Å². The van der Waals surface area contributed by atoms with Gasteiger partial charge in [-0.15, -0.1) is 0 Å². The Hall–Kier alpha value is -1.45. The fraction of sp³-hybridized carbons (Fsp3) is 0.333. The number of rotatable bonds is 1. The van der Waals surface area contributed by atoms with Crippen molar-refractivity contribution in [1.29, 1.82) is 0 Å². The molecule has 16 heavy (non-hydrogen) atoms. The third-order valence-electron chi connectivity index (χ3n) is 2.61. The molecular formula is C12H12F3N. The predicted octanol–water partition coefficient (Wildman–Crippen LogP) is 3.47. The number of nitrogens with zero attached hydrogens (tertiary/aromatic N) is 1. The summed E-state index contributed by atoms with van der Waals surface area (Å²) < 4.78 is 38.3. The number of benzene rings is 1. The summed E-state index contributed by atoms with van der Waals surface area (Å²) in [5.41, 5.74) is -0.273. The fourth-order valence-corrected chi connectivity index (χ4v) is 1.85. The third-order valence-corrected chi connectivity index (χ3v) is 2.61. The van der Waals surface area contributed by atoms with Crippen LogP contribution in [0, 0.1) is 0 Å². The Bertz CT molecular complexity index is 395. The summed E-state index contributed by atoms with van der Waals surface area (Å²) in [7, 11) is 0. The van der Waals surface area contributed by atoms with Crippen LogP contribution in [0.15, 0.2) is 36.4 Å². The maximum Gasteiger partial charge on any atom is 0.418 e. The topological polar surface area (TPSA) is 3.24 Å². The first kappa shape index (κ1) is 11.0. The molecule has 0 amide bonds. The minimum Gasteiger partial charge on any atom is -0.367 e. The third kappa shape index (κ3) is 2.21. The molecule has 2 rings (SSSR count). The molecule has 0 saturated heterocycles. The summed E-state index contributed by atoms with van der Waals surface area (Å²) in [4.78, 5) is 1.75. The van der Waals surface area contributed by atoms with E-state index < -0.39 is 11.7 Å². The SMILES string of the molecule is FC(F)(F)c1ccccc1N1CC=CCC1. The lowest BCUT2D eigenvalue weighted by Gasteiger charge is -2.28. The molecule has 0 N–H and O–H groups in total. The van der Waals surface area contributed by atoms with Crippen LogP contribution in [0.5, 0.6) is 0 Å². The molecule has 1 aromatic carbocycles. The van der Waals surface area contributed by atoms with Crippen molar-refractivity contribution in [2.45, 2.75) is 12.6 Å². The van der Waals surface area contributed by atoms with Gasteiger partial charge in [-0.2, -0.15) is 13.2 Å².